The molecule has 0 aromatic heterocycles. The van der Waals surface area contributed by atoms with Crippen LogP contribution in [-0.2, 0) is 9.47 Å². The van der Waals surface area contributed by atoms with Crippen LogP contribution in [0.5, 0.6) is 0 Å². The van der Waals surface area contributed by atoms with E-state index >= 15 is 0 Å². The van der Waals surface area contributed by atoms with Gasteiger partial charge in [-0.1, -0.05) is 7.43 Å². The Balaban J connectivity index is -0.000000846. The van der Waals surface area contributed by atoms with Gasteiger partial charge in [0.15, 0.2) is 0 Å². The van der Waals surface area contributed by atoms with Crippen LogP contribution < -0.4 is 0 Å². The number of hydrogen-bond donors (Lipinski definition) is 0. The smallest absolute Gasteiger partial charge is 0.264 e. The molecule has 0 aliphatic heterocycles. The van der Waals surface area contributed by atoms with E-state index in [0.717, 1.165) is 9.47 Å². The summed E-state index contributed by atoms with van der Waals surface area (Å²) in [6, 6.07) is 0. The molecule has 0 bridgehead atoms. The van der Waals surface area contributed by atoms with Crippen molar-refractivity contribution >= 4 is 0 Å². The molecule has 2 unspecified atom stereocenters. The second-order valence-electron chi connectivity index (χ2n) is 7.71. The van der Waals surface area contributed by atoms with Crippen LogP contribution in [-0.4, -0.2) is 84.7 Å². The van der Waals surface area contributed by atoms with E-state index in [1.54, 1.807) is 0 Å². The van der Waals surface area contributed by atoms with Crippen molar-refractivity contribution in [3.05, 3.63) is 0 Å². The lowest BCUT2D eigenvalue weighted by atomic mass is 10.1. The van der Waals surface area contributed by atoms with Gasteiger partial charge in [0.2, 0.25) is 0 Å². The minimum atomic E-state index is -7.97. The molecule has 0 fully saturated rings. The first-order valence-electron chi connectivity index (χ1n) is 9.36. The molecule has 0 heterocycles. The van der Waals surface area contributed by atoms with E-state index in [0.29, 0.717) is 0 Å². The highest BCUT2D eigenvalue weighted by atomic mass is 19.5. The Bertz CT molecular complexity index is 993. The first kappa shape index (κ1) is 51.1. The van der Waals surface area contributed by atoms with E-state index in [1.807, 2.05) is 0 Å². The monoisotopic (exact) mass is 824 g/mol. The van der Waals surface area contributed by atoms with Crippen molar-refractivity contribution < 1.29 is 150 Å². The predicted octanol–water partition coefficient (Wildman–Crippen LogP) is 11.1. The maximum absolute atomic E-state index is 13.0. The molecule has 300 valence electrons. The molecule has 0 aliphatic rings. The minimum absolute atomic E-state index is 0. The van der Waals surface area contributed by atoms with Gasteiger partial charge in [-0.05, 0) is 0 Å². The maximum atomic E-state index is 13.0. The molecule has 0 N–H and O–H groups in total. The Kier molecular flexibility index (Phi) is 13.6. The summed E-state index contributed by atoms with van der Waals surface area (Å²) < 4.78 is 389. The Labute approximate surface area is 243 Å². The summed E-state index contributed by atoms with van der Waals surface area (Å²) in [5.41, 5.74) is 0. The fourth-order valence-corrected chi connectivity index (χ4v) is 1.78. The van der Waals surface area contributed by atoms with Crippen LogP contribution in [0.1, 0.15) is 7.43 Å². The molecule has 0 saturated carbocycles. The molecule has 34 heteroatoms. The van der Waals surface area contributed by atoms with Gasteiger partial charge in [-0.3, -0.25) is 9.47 Å². The van der Waals surface area contributed by atoms with E-state index in [9.17, 15) is 140 Å². The van der Waals surface area contributed by atoms with Crippen LogP contribution in [0.25, 0.3) is 0 Å². The molecule has 0 rings (SSSR count). The van der Waals surface area contributed by atoms with E-state index < -0.39 is 84.7 Å². The molecule has 49 heavy (non-hydrogen) atoms. The molecule has 0 aromatic carbocycles. The van der Waals surface area contributed by atoms with Crippen molar-refractivity contribution in [2.75, 3.05) is 0 Å². The zero-order chi connectivity index (χ0) is 40.4. The highest BCUT2D eigenvalue weighted by Crippen LogP contribution is 2.60. The molecule has 2 atom stereocenters. The SMILES string of the molecule is C.FC(F)(F)C(F)(F)C(F)(F)OC(F)(C(F)(F)F)C(F)(F)C(F)(F)F.FC(F)(F)C(F)(F)C(F)(F)OC(F)(C(F)(F)F)C(F)(F)C(F)(F)F. The van der Waals surface area contributed by atoms with Gasteiger partial charge < -0.3 is 0 Å². The third-order valence-corrected chi connectivity index (χ3v) is 4.23. The number of alkyl halides is 32. The molecule has 0 spiro atoms. The average Bonchev–Trinajstić information content (AvgIpc) is 2.73. The van der Waals surface area contributed by atoms with Gasteiger partial charge in [0, 0.05) is 0 Å². The lowest BCUT2D eigenvalue weighted by Gasteiger charge is -2.38. The van der Waals surface area contributed by atoms with Crippen LogP contribution >= 0.6 is 0 Å². The summed E-state index contributed by atoms with van der Waals surface area (Å²) in [7, 11) is 0. The van der Waals surface area contributed by atoms with Crippen LogP contribution in [0, 0.1) is 0 Å². The van der Waals surface area contributed by atoms with Crippen LogP contribution in [0.4, 0.5) is 140 Å². The third kappa shape index (κ3) is 8.77. The van der Waals surface area contributed by atoms with Crippen molar-refractivity contribution in [2.45, 2.75) is 92.1 Å². The largest absolute Gasteiger partial charge is 0.462 e. The molecule has 0 saturated heterocycles. The second kappa shape index (κ2) is 13.0. The Morgan fingerprint density at radius 1 is 0.204 bits per heavy atom. The van der Waals surface area contributed by atoms with Crippen LogP contribution in [0.3, 0.4) is 0 Å². The van der Waals surface area contributed by atoms with Crippen molar-refractivity contribution in [2.24, 2.45) is 0 Å². The third-order valence-electron chi connectivity index (χ3n) is 4.23. The standard InChI is InChI=1S/2C7F16O.CH4/c2*8-1(9,4(13,14)15)3(12,6(19,20)21)24-7(22,23)2(10,11)5(16,17)18;/h;;1H4. The van der Waals surface area contributed by atoms with Crippen LogP contribution in [0.15, 0.2) is 0 Å². The number of halogens is 32. The molecule has 0 aromatic rings. The molecular weight excluding hydrogens is 820 g/mol. The van der Waals surface area contributed by atoms with Gasteiger partial charge >= 0.3 is 84.7 Å². The van der Waals surface area contributed by atoms with Gasteiger partial charge in [-0.15, -0.1) is 0 Å². The van der Waals surface area contributed by atoms with Crippen molar-refractivity contribution in [3.8, 4) is 0 Å². The van der Waals surface area contributed by atoms with E-state index in [2.05, 4.69) is 0 Å². The van der Waals surface area contributed by atoms with Crippen molar-refractivity contribution in [1.82, 2.24) is 0 Å². The predicted molar refractivity (Wildman–Crippen MR) is 82.6 cm³/mol. The fraction of sp³-hybridized carbons (Fsp3) is 1.00. The Hall–Kier alpha value is -2.32. The zero-order valence-electron chi connectivity index (χ0n) is 19.9. The Morgan fingerprint density at radius 2 is 0.347 bits per heavy atom. The van der Waals surface area contributed by atoms with E-state index in [4.69, 9.17) is 0 Å². The van der Waals surface area contributed by atoms with Gasteiger partial charge in [-0.2, -0.15) is 140 Å². The summed E-state index contributed by atoms with van der Waals surface area (Å²) in [4.78, 5) is 0. The lowest BCUT2D eigenvalue weighted by molar-refractivity contribution is -0.526. The molecule has 0 amide bonds. The first-order valence-corrected chi connectivity index (χ1v) is 9.36. The molecule has 2 nitrogen and oxygen atoms in total. The maximum Gasteiger partial charge on any atom is 0.462 e. The quantitative estimate of drug-likeness (QED) is 0.227. The van der Waals surface area contributed by atoms with Gasteiger partial charge in [-0.25, -0.2) is 0 Å². The number of ether oxygens (including phenoxy) is 2. The van der Waals surface area contributed by atoms with E-state index in [1.165, 1.54) is 0 Å². The minimum Gasteiger partial charge on any atom is -0.264 e. The summed E-state index contributed by atoms with van der Waals surface area (Å²) in [6.45, 7) is 0. The Morgan fingerprint density at radius 3 is 0.449 bits per heavy atom. The molecule has 0 aliphatic carbocycles. The fourth-order valence-electron chi connectivity index (χ4n) is 1.78. The first-order chi connectivity index (χ1) is 19.9. The molecular formula is C15H4F32O2. The van der Waals surface area contributed by atoms with Gasteiger partial charge in [0.05, 0.1) is 0 Å². The van der Waals surface area contributed by atoms with Crippen molar-refractivity contribution in [1.29, 1.82) is 0 Å². The average molecular weight is 824 g/mol. The summed E-state index contributed by atoms with van der Waals surface area (Å²) in [5, 5.41) is 0. The van der Waals surface area contributed by atoms with Crippen molar-refractivity contribution in [3.63, 3.8) is 0 Å². The van der Waals surface area contributed by atoms with Gasteiger partial charge in [0.25, 0.3) is 0 Å². The summed E-state index contributed by atoms with van der Waals surface area (Å²) >= 11 is 0. The molecule has 0 radical (unpaired) electrons. The van der Waals surface area contributed by atoms with E-state index in [-0.39, 0.29) is 7.43 Å². The summed E-state index contributed by atoms with van der Waals surface area (Å²) in [5.74, 6) is -47.4. The highest BCUT2D eigenvalue weighted by Gasteiger charge is 2.89. The summed E-state index contributed by atoms with van der Waals surface area (Å²) in [6.07, 6.45) is -61.4. The zero-order valence-corrected chi connectivity index (χ0v) is 19.9. The topological polar surface area (TPSA) is 18.5 Å². The number of rotatable bonds is 8. The lowest BCUT2D eigenvalue weighted by Crippen LogP contribution is -2.68. The second-order valence-corrected chi connectivity index (χ2v) is 7.71. The highest BCUT2D eigenvalue weighted by molar-refractivity contribution is 5.01. The number of hydrogen-bond acceptors (Lipinski definition) is 2. The normalized spacial score (nSPS) is 18.1. The van der Waals surface area contributed by atoms with Crippen LogP contribution in [0.2, 0.25) is 0 Å². The van der Waals surface area contributed by atoms with Gasteiger partial charge in [0.1, 0.15) is 0 Å².